The summed E-state index contributed by atoms with van der Waals surface area (Å²) in [5.74, 6) is 0. The van der Waals surface area contributed by atoms with Crippen LogP contribution in [0.4, 0.5) is 73.1 Å². The van der Waals surface area contributed by atoms with E-state index in [-0.39, 0.29) is 34.1 Å². The van der Waals surface area contributed by atoms with E-state index in [1.165, 1.54) is 0 Å². The molecule has 10 nitrogen and oxygen atoms in total. The molecular weight excluding hydrogens is 1160 g/mol. The number of para-hydroxylation sites is 4. The third-order valence-corrected chi connectivity index (χ3v) is 9.83. The molecule has 2 aromatic carbocycles. The predicted octanol–water partition coefficient (Wildman–Crippen LogP) is 16.2. The normalized spacial score (nSPS) is 12.6. The number of nitrogens with zero attached hydrogens (tertiary/aromatic N) is 10. The van der Waals surface area contributed by atoms with E-state index in [2.05, 4.69) is 149 Å². The summed E-state index contributed by atoms with van der Waals surface area (Å²) in [7, 11) is -17.1. The van der Waals surface area contributed by atoms with Gasteiger partial charge in [0.2, 0.25) is 0 Å². The van der Waals surface area contributed by atoms with Crippen molar-refractivity contribution in [3.8, 4) is 0 Å². The van der Waals surface area contributed by atoms with E-state index in [9.17, 15) is 50.4 Å². The first kappa shape index (κ1) is 63.9. The van der Waals surface area contributed by atoms with Crippen LogP contribution >= 0.6 is 15.6 Å². The molecule has 0 amide bonds. The Morgan fingerprint density at radius 3 is 0.632 bits per heavy atom. The van der Waals surface area contributed by atoms with Crippen LogP contribution in [0.3, 0.4) is 0 Å². The number of aromatic nitrogens is 6. The second-order valence-corrected chi connectivity index (χ2v) is 20.1. The summed E-state index contributed by atoms with van der Waals surface area (Å²) in [5, 5.41) is 0. The van der Waals surface area contributed by atoms with E-state index >= 15 is 0 Å². The van der Waals surface area contributed by atoms with Crippen molar-refractivity contribution in [2.75, 3.05) is 33.7 Å². The number of halogens is 12. The van der Waals surface area contributed by atoms with Gasteiger partial charge in [-0.05, 0) is 97.1 Å². The first-order chi connectivity index (χ1) is 34.5. The Morgan fingerprint density at radius 1 is 0.276 bits per heavy atom. The summed E-state index contributed by atoms with van der Waals surface area (Å²) < 4.78 is 118. The maximum absolute atomic E-state index is 10.7. The second kappa shape index (κ2) is 26.1. The quantitative estimate of drug-likeness (QED) is 0.0529. The van der Waals surface area contributed by atoms with E-state index < -0.39 is 15.6 Å². The van der Waals surface area contributed by atoms with E-state index in [4.69, 9.17) is 0 Å². The third-order valence-electron chi connectivity index (χ3n) is 9.83. The minimum absolute atomic E-state index is 0. The zero-order chi connectivity index (χ0) is 54.0. The van der Waals surface area contributed by atoms with Crippen LogP contribution < -0.4 is 19.6 Å². The molecule has 6 heterocycles. The van der Waals surface area contributed by atoms with Crippen LogP contribution in [0.2, 0.25) is 0 Å². The molecule has 0 aliphatic carbocycles. The van der Waals surface area contributed by atoms with Crippen LogP contribution in [0.15, 0.2) is 195 Å². The van der Waals surface area contributed by atoms with Gasteiger partial charge < -0.3 is 19.6 Å². The number of rotatable bonds is 16. The SMILES string of the molecule is CN(Cc1ccccn1)c1ccccc1N(Cc1ccccn1)Cc1ccccn1.CN(Cc1ccccn1)c1ccccc1N(Cc1ccccn1)Cc1ccccn1.F[P-](F)(F)(F)(F)F.F[P-](F)(F)(F)(F)F.[Cu+2].[Cu+2]. The Morgan fingerprint density at radius 2 is 0.447 bits per heavy atom. The number of pyridine rings is 6. The molecule has 0 aliphatic heterocycles. The monoisotopic (exact) mass is 1210 g/mol. The molecule has 0 unspecified atom stereocenters. The number of benzene rings is 2. The molecule has 0 saturated carbocycles. The van der Waals surface area contributed by atoms with Crippen molar-refractivity contribution in [3.63, 3.8) is 0 Å². The Labute approximate surface area is 452 Å². The number of hydrogen-bond donors (Lipinski definition) is 0. The van der Waals surface area contributed by atoms with Gasteiger partial charge in [0, 0.05) is 51.3 Å². The molecule has 0 saturated heterocycles. The van der Waals surface area contributed by atoms with Crippen molar-refractivity contribution in [1.29, 1.82) is 0 Å². The fourth-order valence-corrected chi connectivity index (χ4v) is 6.95. The Hall–Kier alpha value is -6.40. The van der Waals surface area contributed by atoms with E-state index in [0.717, 1.165) is 70.0 Å². The van der Waals surface area contributed by atoms with Gasteiger partial charge in [0.25, 0.3) is 0 Å². The molecule has 414 valence electrons. The van der Waals surface area contributed by atoms with Crippen molar-refractivity contribution in [1.82, 2.24) is 29.9 Å². The van der Waals surface area contributed by atoms with Crippen LogP contribution in [-0.2, 0) is 73.4 Å². The van der Waals surface area contributed by atoms with Gasteiger partial charge >= 0.3 is 100 Å². The van der Waals surface area contributed by atoms with Gasteiger partial charge in [-0.15, -0.1) is 0 Å². The zero-order valence-electron chi connectivity index (χ0n) is 40.2. The van der Waals surface area contributed by atoms with E-state index in [0.29, 0.717) is 26.2 Å². The molecule has 0 bridgehead atoms. The molecular formula is C50H50Cu2F12N10P2+2. The topological polar surface area (TPSA) is 90.3 Å². The summed E-state index contributed by atoms with van der Waals surface area (Å²) in [6.07, 6.45) is 11.0. The summed E-state index contributed by atoms with van der Waals surface area (Å²) in [6.45, 7) is 4.27. The molecule has 0 N–H and O–H groups in total. The molecule has 0 fully saturated rings. The van der Waals surface area contributed by atoms with Crippen molar-refractivity contribution in [2.45, 2.75) is 39.3 Å². The molecule has 2 radical (unpaired) electrons. The van der Waals surface area contributed by atoms with Crippen molar-refractivity contribution < 1.29 is 84.5 Å². The van der Waals surface area contributed by atoms with Gasteiger partial charge in [0.05, 0.1) is 96.2 Å². The van der Waals surface area contributed by atoms with Gasteiger partial charge in [-0.2, -0.15) is 0 Å². The van der Waals surface area contributed by atoms with Crippen LogP contribution in [0.25, 0.3) is 0 Å². The molecule has 6 aromatic heterocycles. The zero-order valence-corrected chi connectivity index (χ0v) is 43.9. The van der Waals surface area contributed by atoms with Crippen LogP contribution in [0.5, 0.6) is 0 Å². The third kappa shape index (κ3) is 27.9. The van der Waals surface area contributed by atoms with Crippen molar-refractivity contribution in [3.05, 3.63) is 229 Å². The first-order valence-electron chi connectivity index (χ1n) is 22.1. The first-order valence-corrected chi connectivity index (χ1v) is 26.2. The summed E-state index contributed by atoms with van der Waals surface area (Å²) in [6, 6.07) is 53.1. The van der Waals surface area contributed by atoms with Gasteiger partial charge in [-0.3, -0.25) is 29.9 Å². The van der Waals surface area contributed by atoms with Crippen LogP contribution in [0.1, 0.15) is 34.2 Å². The molecule has 0 aliphatic rings. The van der Waals surface area contributed by atoms with E-state index in [1.54, 1.807) is 0 Å². The maximum Gasteiger partial charge on any atom is 2.00 e. The van der Waals surface area contributed by atoms with Gasteiger partial charge in [-0.1, -0.05) is 60.7 Å². The fourth-order valence-electron chi connectivity index (χ4n) is 6.95. The van der Waals surface area contributed by atoms with E-state index in [1.807, 2.05) is 110 Å². The molecule has 26 heteroatoms. The van der Waals surface area contributed by atoms with Crippen molar-refractivity contribution in [2.24, 2.45) is 0 Å². The van der Waals surface area contributed by atoms with Crippen LogP contribution in [0, 0.1) is 0 Å². The predicted molar refractivity (Wildman–Crippen MR) is 269 cm³/mol. The van der Waals surface area contributed by atoms with Gasteiger partial charge in [0.1, 0.15) is 0 Å². The standard InChI is InChI=1S/2C25H25N5.2Cu.2F6P/c2*1-29(18-21-10-4-7-15-26-21)24-13-2-3-14-25(24)30(19-22-11-5-8-16-27-22)20-23-12-6-9-17-28-23;;;2*1-7(2,3,4,5)6/h2*2-17H,18-20H2,1H3;;;;/q;;2*+2;2*-1. The minimum atomic E-state index is -10.7. The Balaban J connectivity index is 0.000000314. The maximum atomic E-state index is 9.87. The average molecular weight is 1210 g/mol. The Bertz CT molecular complexity index is 2630. The smallest absolute Gasteiger partial charge is 2.00 e. The number of hydrogen-bond acceptors (Lipinski definition) is 10. The Kier molecular flexibility index (Phi) is 21.9. The molecule has 0 atom stereocenters. The minimum Gasteiger partial charge on any atom is 2.00 e. The summed E-state index contributed by atoms with van der Waals surface area (Å²) in [4.78, 5) is 36.3. The molecule has 8 aromatic rings. The fraction of sp³-hybridized carbons (Fsp3) is 0.160. The van der Waals surface area contributed by atoms with Crippen molar-refractivity contribution >= 4 is 38.4 Å². The van der Waals surface area contributed by atoms with Crippen LogP contribution in [-0.4, -0.2) is 44.0 Å². The molecule has 0 spiro atoms. The van der Waals surface area contributed by atoms with Gasteiger partial charge in [0.15, 0.2) is 0 Å². The number of anilines is 4. The summed E-state index contributed by atoms with van der Waals surface area (Å²) in [5.41, 5.74) is 10.8. The summed E-state index contributed by atoms with van der Waals surface area (Å²) >= 11 is 0. The largest absolute Gasteiger partial charge is 2.00 e. The molecule has 76 heavy (non-hydrogen) atoms. The average Bonchev–Trinajstić information content (AvgIpc) is 3.34. The molecule has 8 rings (SSSR count). The van der Waals surface area contributed by atoms with Gasteiger partial charge in [-0.25, -0.2) is 0 Å². The second-order valence-electron chi connectivity index (χ2n) is 16.2.